The van der Waals surface area contributed by atoms with Gasteiger partial charge in [0.25, 0.3) is 0 Å². The van der Waals surface area contributed by atoms with Gasteiger partial charge in [0.2, 0.25) is 5.78 Å². The van der Waals surface area contributed by atoms with E-state index in [2.05, 4.69) is 15.2 Å². The van der Waals surface area contributed by atoms with E-state index in [1.807, 2.05) is 10.6 Å². The second kappa shape index (κ2) is 7.91. The van der Waals surface area contributed by atoms with Crippen LogP contribution >= 0.6 is 34.8 Å². The standard InChI is InChI=1S/C20H13Cl3N4O2/c21-12-1-3-16(23)11(5-12)8-27-9-15(14-6-13(22)2-4-17(14)27)18(28)7-19(29)20-24-10-25-26-20/h1-7,9-10,28H,8H2,(H,24,25,26)/b18-7-. The summed E-state index contributed by atoms with van der Waals surface area (Å²) in [7, 11) is 0. The number of benzene rings is 2. The van der Waals surface area contributed by atoms with Gasteiger partial charge in [0.1, 0.15) is 12.1 Å². The van der Waals surface area contributed by atoms with Gasteiger partial charge in [-0.05, 0) is 42.0 Å². The summed E-state index contributed by atoms with van der Waals surface area (Å²) >= 11 is 18.6. The van der Waals surface area contributed by atoms with Crippen molar-refractivity contribution in [3.63, 3.8) is 0 Å². The molecule has 0 spiro atoms. The summed E-state index contributed by atoms with van der Waals surface area (Å²) in [4.78, 5) is 16.0. The Bertz CT molecular complexity index is 1250. The molecule has 0 atom stereocenters. The third-order valence-corrected chi connectivity index (χ3v) is 5.22. The molecule has 2 heterocycles. The molecule has 0 aliphatic heterocycles. The molecule has 9 heteroatoms. The van der Waals surface area contributed by atoms with Gasteiger partial charge >= 0.3 is 0 Å². The van der Waals surface area contributed by atoms with Crippen molar-refractivity contribution < 1.29 is 9.90 Å². The Hall–Kier alpha value is -2.80. The Morgan fingerprint density at radius 3 is 2.66 bits per heavy atom. The van der Waals surface area contributed by atoms with Crippen molar-refractivity contribution in [1.29, 1.82) is 0 Å². The molecule has 0 radical (unpaired) electrons. The number of carbonyl (C=O) groups is 1. The summed E-state index contributed by atoms with van der Waals surface area (Å²) in [5.74, 6) is -0.681. The van der Waals surface area contributed by atoms with Crippen LogP contribution in [0.15, 0.2) is 55.0 Å². The number of carbonyl (C=O) groups excluding carboxylic acids is 1. The van der Waals surface area contributed by atoms with Crippen LogP contribution in [0.25, 0.3) is 16.7 Å². The second-order valence-corrected chi connectivity index (χ2v) is 7.58. The Kier molecular flexibility index (Phi) is 5.32. The lowest BCUT2D eigenvalue weighted by Crippen LogP contribution is -2.00. The first-order valence-corrected chi connectivity index (χ1v) is 9.59. The minimum Gasteiger partial charge on any atom is -0.507 e. The predicted molar refractivity (Wildman–Crippen MR) is 114 cm³/mol. The van der Waals surface area contributed by atoms with Crippen molar-refractivity contribution in [2.24, 2.45) is 0 Å². The maximum Gasteiger partial charge on any atom is 0.226 e. The van der Waals surface area contributed by atoms with E-state index in [9.17, 15) is 9.90 Å². The Morgan fingerprint density at radius 2 is 1.90 bits per heavy atom. The fourth-order valence-corrected chi connectivity index (χ4v) is 3.59. The summed E-state index contributed by atoms with van der Waals surface area (Å²) in [5.41, 5.74) is 2.08. The van der Waals surface area contributed by atoms with Gasteiger partial charge in [-0.25, -0.2) is 4.98 Å². The van der Waals surface area contributed by atoms with E-state index >= 15 is 0 Å². The van der Waals surface area contributed by atoms with Crippen LogP contribution in [0.4, 0.5) is 0 Å². The first-order valence-electron chi connectivity index (χ1n) is 8.45. The monoisotopic (exact) mass is 446 g/mol. The molecular formula is C20H13Cl3N4O2. The van der Waals surface area contributed by atoms with Crippen LogP contribution in [-0.2, 0) is 6.54 Å². The molecule has 0 aliphatic carbocycles. The molecule has 2 aromatic heterocycles. The molecule has 0 bridgehead atoms. The Labute approximate surface area is 180 Å². The number of aliphatic hydroxyl groups excluding tert-OH is 1. The summed E-state index contributed by atoms with van der Waals surface area (Å²) in [6.07, 6.45) is 4.04. The van der Waals surface area contributed by atoms with E-state index in [1.165, 1.54) is 6.33 Å². The molecule has 4 aromatic rings. The minimum atomic E-state index is -0.499. The van der Waals surface area contributed by atoms with Gasteiger partial charge in [-0.1, -0.05) is 34.8 Å². The zero-order valence-electron chi connectivity index (χ0n) is 14.7. The molecule has 29 heavy (non-hydrogen) atoms. The molecule has 4 rings (SSSR count). The average Bonchev–Trinajstić information content (AvgIpc) is 3.33. The third kappa shape index (κ3) is 4.00. The number of ketones is 1. The van der Waals surface area contributed by atoms with Gasteiger partial charge in [-0.3, -0.25) is 9.89 Å². The highest BCUT2D eigenvalue weighted by molar-refractivity contribution is 6.33. The molecule has 0 amide bonds. The summed E-state index contributed by atoms with van der Waals surface area (Å²) in [5, 5.41) is 19.1. The van der Waals surface area contributed by atoms with Crippen LogP contribution in [0.2, 0.25) is 15.1 Å². The van der Waals surface area contributed by atoms with Gasteiger partial charge in [-0.15, -0.1) is 0 Å². The van der Waals surface area contributed by atoms with Gasteiger partial charge in [0, 0.05) is 50.4 Å². The van der Waals surface area contributed by atoms with E-state index in [4.69, 9.17) is 34.8 Å². The fourth-order valence-electron chi connectivity index (χ4n) is 3.05. The number of aliphatic hydroxyl groups is 1. The maximum atomic E-state index is 12.2. The maximum absolute atomic E-state index is 12.2. The fraction of sp³-hybridized carbons (Fsp3) is 0.0500. The number of hydrogen-bond acceptors (Lipinski definition) is 4. The first-order chi connectivity index (χ1) is 13.9. The number of halogens is 3. The third-order valence-electron chi connectivity index (χ3n) is 4.38. The molecule has 146 valence electrons. The zero-order chi connectivity index (χ0) is 20.5. The average molecular weight is 448 g/mol. The zero-order valence-corrected chi connectivity index (χ0v) is 17.0. The largest absolute Gasteiger partial charge is 0.507 e. The van der Waals surface area contributed by atoms with Gasteiger partial charge in [-0.2, -0.15) is 5.10 Å². The first kappa shape index (κ1) is 19.5. The van der Waals surface area contributed by atoms with E-state index in [0.717, 1.165) is 17.2 Å². The van der Waals surface area contributed by atoms with Crippen molar-refractivity contribution in [2.75, 3.05) is 0 Å². The number of aromatic nitrogens is 4. The lowest BCUT2D eigenvalue weighted by atomic mass is 10.1. The number of nitrogens with zero attached hydrogens (tertiary/aromatic N) is 3. The van der Waals surface area contributed by atoms with Gasteiger partial charge in [0.15, 0.2) is 5.82 Å². The Balaban J connectivity index is 1.79. The Morgan fingerprint density at radius 1 is 1.14 bits per heavy atom. The van der Waals surface area contributed by atoms with E-state index in [0.29, 0.717) is 32.6 Å². The summed E-state index contributed by atoms with van der Waals surface area (Å²) < 4.78 is 1.90. The number of aromatic amines is 1. The molecular weight excluding hydrogens is 435 g/mol. The molecule has 0 saturated carbocycles. The van der Waals surface area contributed by atoms with Crippen LogP contribution in [-0.4, -0.2) is 30.6 Å². The molecule has 0 fully saturated rings. The minimum absolute atomic E-state index is 0.0315. The van der Waals surface area contributed by atoms with Gasteiger partial charge in [0.05, 0.1) is 0 Å². The normalized spacial score (nSPS) is 11.9. The number of fused-ring (bicyclic) bond motifs is 1. The number of nitrogens with one attached hydrogen (secondary N) is 1. The van der Waals surface area contributed by atoms with E-state index < -0.39 is 5.78 Å². The summed E-state index contributed by atoms with van der Waals surface area (Å²) in [6, 6.07) is 10.6. The highest BCUT2D eigenvalue weighted by Gasteiger charge is 2.16. The van der Waals surface area contributed by atoms with Crippen LogP contribution < -0.4 is 0 Å². The quantitative estimate of drug-likeness (QED) is 0.239. The second-order valence-electron chi connectivity index (χ2n) is 6.30. The van der Waals surface area contributed by atoms with Crippen molar-refractivity contribution in [2.45, 2.75) is 6.54 Å². The molecule has 0 aliphatic rings. The molecule has 0 saturated heterocycles. The van der Waals surface area contributed by atoms with E-state index in [-0.39, 0.29) is 11.6 Å². The van der Waals surface area contributed by atoms with Crippen molar-refractivity contribution >= 4 is 57.2 Å². The molecule has 6 nitrogen and oxygen atoms in total. The number of hydrogen-bond donors (Lipinski definition) is 2. The molecule has 2 N–H and O–H groups in total. The van der Waals surface area contributed by atoms with Crippen LogP contribution in [0, 0.1) is 0 Å². The van der Waals surface area contributed by atoms with Crippen LogP contribution in [0.1, 0.15) is 21.7 Å². The molecule has 0 unspecified atom stereocenters. The SMILES string of the molecule is O=C(/C=C(\O)c1cn(Cc2cc(Cl)ccc2Cl)c2ccc(Cl)cc12)c1ncn[nH]1. The highest BCUT2D eigenvalue weighted by atomic mass is 35.5. The van der Waals surface area contributed by atoms with Crippen LogP contribution in [0.3, 0.4) is 0 Å². The highest BCUT2D eigenvalue weighted by Crippen LogP contribution is 2.31. The molecule has 2 aromatic carbocycles. The predicted octanol–water partition coefficient (Wildman–Crippen LogP) is 5.55. The number of rotatable bonds is 5. The van der Waals surface area contributed by atoms with Gasteiger partial charge < -0.3 is 9.67 Å². The summed E-state index contributed by atoms with van der Waals surface area (Å²) in [6.45, 7) is 0.418. The van der Waals surface area contributed by atoms with E-state index in [1.54, 1.807) is 36.5 Å². The van der Waals surface area contributed by atoms with Crippen LogP contribution in [0.5, 0.6) is 0 Å². The van der Waals surface area contributed by atoms with Crippen molar-refractivity contribution in [1.82, 2.24) is 19.7 Å². The number of allylic oxidation sites excluding steroid dienone is 1. The lowest BCUT2D eigenvalue weighted by Gasteiger charge is -2.08. The van der Waals surface area contributed by atoms with Crippen molar-refractivity contribution in [3.05, 3.63) is 87.0 Å². The smallest absolute Gasteiger partial charge is 0.226 e. The van der Waals surface area contributed by atoms with Crippen molar-refractivity contribution in [3.8, 4) is 0 Å². The number of H-pyrrole nitrogens is 1. The lowest BCUT2D eigenvalue weighted by molar-refractivity contribution is 0.103. The topological polar surface area (TPSA) is 83.8 Å².